The molecule has 3 aromatic rings. The highest BCUT2D eigenvalue weighted by Gasteiger charge is 2.31. The molecular weight excluding hydrogens is 384 g/mol. The largest absolute Gasteiger partial charge is 0.354 e. The van der Waals surface area contributed by atoms with Gasteiger partial charge in [0.15, 0.2) is 0 Å². The van der Waals surface area contributed by atoms with E-state index < -0.39 is 0 Å². The Morgan fingerprint density at radius 1 is 1.31 bits per heavy atom. The Kier molecular flexibility index (Phi) is 5.41. The first-order chi connectivity index (χ1) is 13.9. The van der Waals surface area contributed by atoms with Crippen LogP contribution in [0.25, 0.3) is 10.2 Å². The Balaban J connectivity index is 1.70. The average Bonchev–Trinajstić information content (AvgIpc) is 3.18. The minimum Gasteiger partial charge on any atom is -0.354 e. The molecular formula is C22H26N4O2S. The third-order valence-electron chi connectivity index (χ3n) is 5.23. The maximum Gasteiger partial charge on any atom is 0.264 e. The summed E-state index contributed by atoms with van der Waals surface area (Å²) in [5.41, 5.74) is 1.93. The van der Waals surface area contributed by atoms with Crippen LogP contribution in [0.3, 0.4) is 0 Å². The molecule has 0 radical (unpaired) electrons. The fourth-order valence-electron chi connectivity index (χ4n) is 3.87. The van der Waals surface area contributed by atoms with Crippen molar-refractivity contribution in [1.82, 2.24) is 20.0 Å². The topological polar surface area (TPSA) is 67.2 Å². The number of amides is 2. The highest BCUT2D eigenvalue weighted by atomic mass is 32.1. The third-order valence-corrected chi connectivity index (χ3v) is 6.37. The number of fused-ring (bicyclic) bond motifs is 1. The predicted molar refractivity (Wildman–Crippen MR) is 115 cm³/mol. The second-order valence-electron chi connectivity index (χ2n) is 7.97. The predicted octanol–water partition coefficient (Wildman–Crippen LogP) is 3.77. The van der Waals surface area contributed by atoms with E-state index in [0.717, 1.165) is 28.0 Å². The molecule has 1 saturated heterocycles. The first-order valence-corrected chi connectivity index (χ1v) is 10.8. The molecule has 0 spiro atoms. The first-order valence-electron chi connectivity index (χ1n) is 10.0. The SMILES string of the molecule is Cc1nn(CC(C)C)c2sc(C(=O)N3CCNC(=O)C[C@H]3c3ccccc3)cc12. The van der Waals surface area contributed by atoms with Gasteiger partial charge in [-0.15, -0.1) is 11.3 Å². The zero-order valence-electron chi connectivity index (χ0n) is 17.0. The Labute approximate surface area is 174 Å². The van der Waals surface area contributed by atoms with E-state index in [1.54, 1.807) is 0 Å². The number of nitrogens with zero attached hydrogens (tertiary/aromatic N) is 3. The van der Waals surface area contributed by atoms with Crippen LogP contribution < -0.4 is 5.32 Å². The van der Waals surface area contributed by atoms with Gasteiger partial charge >= 0.3 is 0 Å². The van der Waals surface area contributed by atoms with Crippen LogP contribution in [-0.4, -0.2) is 39.6 Å². The molecule has 152 valence electrons. The van der Waals surface area contributed by atoms with Gasteiger partial charge in [-0.3, -0.25) is 14.3 Å². The van der Waals surface area contributed by atoms with Crippen molar-refractivity contribution in [1.29, 1.82) is 0 Å². The van der Waals surface area contributed by atoms with Gasteiger partial charge in [0.1, 0.15) is 4.83 Å². The second kappa shape index (κ2) is 7.99. The molecule has 0 unspecified atom stereocenters. The number of hydrogen-bond donors (Lipinski definition) is 1. The number of benzene rings is 1. The molecule has 0 aliphatic carbocycles. The summed E-state index contributed by atoms with van der Waals surface area (Å²) in [5, 5.41) is 8.58. The normalized spacial score (nSPS) is 17.6. The lowest BCUT2D eigenvalue weighted by Crippen LogP contribution is -2.36. The van der Waals surface area contributed by atoms with Gasteiger partial charge in [0.05, 0.1) is 23.0 Å². The summed E-state index contributed by atoms with van der Waals surface area (Å²) in [5.74, 6) is 0.435. The monoisotopic (exact) mass is 410 g/mol. The molecule has 1 atom stereocenters. The molecule has 29 heavy (non-hydrogen) atoms. The van der Waals surface area contributed by atoms with Crippen LogP contribution in [0.4, 0.5) is 0 Å². The van der Waals surface area contributed by atoms with Crippen LogP contribution in [0.1, 0.15) is 47.2 Å². The first kappa shape index (κ1) is 19.6. The van der Waals surface area contributed by atoms with Crippen molar-refractivity contribution >= 4 is 33.4 Å². The van der Waals surface area contributed by atoms with Gasteiger partial charge in [0.25, 0.3) is 5.91 Å². The number of aryl methyl sites for hydroxylation is 1. The lowest BCUT2D eigenvalue weighted by molar-refractivity contribution is -0.121. The smallest absolute Gasteiger partial charge is 0.264 e. The van der Waals surface area contributed by atoms with E-state index in [9.17, 15) is 9.59 Å². The molecule has 7 heteroatoms. The van der Waals surface area contributed by atoms with Crippen LogP contribution in [0.5, 0.6) is 0 Å². The molecule has 1 aliphatic rings. The quantitative estimate of drug-likeness (QED) is 0.712. The van der Waals surface area contributed by atoms with Gasteiger partial charge in [-0.2, -0.15) is 5.10 Å². The van der Waals surface area contributed by atoms with Gasteiger partial charge < -0.3 is 10.2 Å². The summed E-state index contributed by atoms with van der Waals surface area (Å²) in [6.45, 7) is 8.10. The van der Waals surface area contributed by atoms with Crippen molar-refractivity contribution < 1.29 is 9.59 Å². The highest BCUT2D eigenvalue weighted by molar-refractivity contribution is 7.20. The van der Waals surface area contributed by atoms with E-state index >= 15 is 0 Å². The molecule has 4 rings (SSSR count). The standard InChI is InChI=1S/C22H26N4O2S/c1-14(2)13-26-22-17(15(3)24-26)11-19(29-22)21(28)25-10-9-23-20(27)12-18(25)16-7-5-4-6-8-16/h4-8,11,14,18H,9-10,12-13H2,1-3H3,(H,23,27)/t18-/m0/s1. The molecule has 2 amide bonds. The molecule has 1 aliphatic heterocycles. The highest BCUT2D eigenvalue weighted by Crippen LogP contribution is 2.33. The number of rotatable bonds is 4. The Morgan fingerprint density at radius 2 is 2.07 bits per heavy atom. The van der Waals surface area contributed by atoms with Crippen molar-refractivity contribution in [3.63, 3.8) is 0 Å². The van der Waals surface area contributed by atoms with Crippen LogP contribution in [0, 0.1) is 12.8 Å². The average molecular weight is 411 g/mol. The Bertz CT molecular complexity index is 1040. The molecule has 3 heterocycles. The van der Waals surface area contributed by atoms with Crippen LogP contribution in [0.15, 0.2) is 36.4 Å². The fourth-order valence-corrected chi connectivity index (χ4v) is 5.00. The molecule has 2 aromatic heterocycles. The van der Waals surface area contributed by atoms with Crippen molar-refractivity contribution in [3.8, 4) is 0 Å². The van der Waals surface area contributed by atoms with Crippen molar-refractivity contribution in [3.05, 3.63) is 52.5 Å². The van der Waals surface area contributed by atoms with Crippen LogP contribution >= 0.6 is 11.3 Å². The van der Waals surface area contributed by atoms with E-state index in [1.807, 2.05) is 52.9 Å². The minimum absolute atomic E-state index is 0.0195. The number of carbonyl (C=O) groups excluding carboxylic acids is 2. The van der Waals surface area contributed by atoms with Gasteiger partial charge in [-0.25, -0.2) is 0 Å². The molecule has 1 fully saturated rings. The Hall–Kier alpha value is -2.67. The minimum atomic E-state index is -0.260. The van der Waals surface area contributed by atoms with E-state index in [-0.39, 0.29) is 24.3 Å². The van der Waals surface area contributed by atoms with E-state index in [1.165, 1.54) is 11.3 Å². The zero-order chi connectivity index (χ0) is 20.5. The number of aromatic nitrogens is 2. The second-order valence-corrected chi connectivity index (χ2v) is 9.00. The molecule has 0 bridgehead atoms. The van der Waals surface area contributed by atoms with E-state index in [4.69, 9.17) is 0 Å². The van der Waals surface area contributed by atoms with E-state index in [0.29, 0.717) is 23.9 Å². The van der Waals surface area contributed by atoms with Gasteiger partial charge in [-0.1, -0.05) is 44.2 Å². The summed E-state index contributed by atoms with van der Waals surface area (Å²) in [7, 11) is 0. The lowest BCUT2D eigenvalue weighted by Gasteiger charge is -2.29. The summed E-state index contributed by atoms with van der Waals surface area (Å²) < 4.78 is 2.01. The van der Waals surface area contributed by atoms with Crippen molar-refractivity contribution in [2.45, 2.75) is 39.8 Å². The molecule has 1 aromatic carbocycles. The van der Waals surface area contributed by atoms with Gasteiger partial charge in [-0.05, 0) is 24.5 Å². The van der Waals surface area contributed by atoms with Crippen molar-refractivity contribution in [2.75, 3.05) is 13.1 Å². The third kappa shape index (κ3) is 3.92. The molecule has 6 nitrogen and oxygen atoms in total. The lowest BCUT2D eigenvalue weighted by atomic mass is 10.0. The number of nitrogens with one attached hydrogen (secondary N) is 1. The number of hydrogen-bond acceptors (Lipinski definition) is 4. The summed E-state index contributed by atoms with van der Waals surface area (Å²) >= 11 is 1.50. The summed E-state index contributed by atoms with van der Waals surface area (Å²) in [4.78, 5) is 29.3. The van der Waals surface area contributed by atoms with Crippen LogP contribution in [0.2, 0.25) is 0 Å². The fraction of sp³-hybridized carbons (Fsp3) is 0.409. The van der Waals surface area contributed by atoms with E-state index in [2.05, 4.69) is 24.3 Å². The van der Waals surface area contributed by atoms with Gasteiger partial charge in [0, 0.05) is 25.0 Å². The maximum atomic E-state index is 13.5. The number of thiophene rings is 1. The zero-order valence-corrected chi connectivity index (χ0v) is 17.8. The van der Waals surface area contributed by atoms with Crippen LogP contribution in [-0.2, 0) is 11.3 Å². The summed E-state index contributed by atoms with van der Waals surface area (Å²) in [6, 6.07) is 11.5. The maximum absolute atomic E-state index is 13.5. The van der Waals surface area contributed by atoms with Crippen molar-refractivity contribution in [2.24, 2.45) is 5.92 Å². The summed E-state index contributed by atoms with van der Waals surface area (Å²) in [6.07, 6.45) is 0.279. The van der Waals surface area contributed by atoms with Gasteiger partial charge in [0.2, 0.25) is 5.91 Å². The molecule has 1 N–H and O–H groups in total. The Morgan fingerprint density at radius 3 is 2.79 bits per heavy atom. The number of carbonyl (C=O) groups is 2. The molecule has 0 saturated carbocycles.